The molecule has 0 bridgehead atoms. The number of thiazole rings is 1. The number of carbonyl (C=O) groups excluding carboxylic acids is 2. The Morgan fingerprint density at radius 2 is 1.77 bits per heavy atom. The van der Waals surface area contributed by atoms with E-state index in [1.54, 1.807) is 11.6 Å². The van der Waals surface area contributed by atoms with Crippen molar-refractivity contribution in [2.45, 2.75) is 25.8 Å². The summed E-state index contributed by atoms with van der Waals surface area (Å²) in [6.07, 6.45) is 1.55. The van der Waals surface area contributed by atoms with E-state index < -0.39 is 23.5 Å². The normalized spacial score (nSPS) is 18.4. The summed E-state index contributed by atoms with van der Waals surface area (Å²) in [4.78, 5) is 31.4. The van der Waals surface area contributed by atoms with Gasteiger partial charge in [-0.25, -0.2) is 9.37 Å². The van der Waals surface area contributed by atoms with E-state index in [1.807, 2.05) is 24.3 Å². The van der Waals surface area contributed by atoms with Gasteiger partial charge >= 0.3 is 5.91 Å². The number of hydrogen-bond acceptors (Lipinski definition) is 5. The number of carbonyl (C=O) groups is 2. The first-order chi connectivity index (χ1) is 14.4. The SMILES string of the molecule is CC(C)c1ccc([C@H]2/C(=C(\O)c3ccc(F)cc3)C(=O)C(=O)N2c2nccs2)cc1. The van der Waals surface area contributed by atoms with Crippen molar-refractivity contribution in [1.82, 2.24) is 4.98 Å². The summed E-state index contributed by atoms with van der Waals surface area (Å²) in [6, 6.07) is 11.9. The molecule has 1 N–H and O–H groups in total. The first kappa shape index (κ1) is 20.0. The number of aliphatic hydroxyl groups is 1. The van der Waals surface area contributed by atoms with Gasteiger partial charge in [-0.15, -0.1) is 11.3 Å². The van der Waals surface area contributed by atoms with Crippen molar-refractivity contribution in [3.63, 3.8) is 0 Å². The minimum atomic E-state index is -0.831. The lowest BCUT2D eigenvalue weighted by Crippen LogP contribution is -2.29. The van der Waals surface area contributed by atoms with Gasteiger partial charge in [0, 0.05) is 17.1 Å². The van der Waals surface area contributed by atoms with Crippen molar-refractivity contribution in [2.24, 2.45) is 0 Å². The molecule has 1 aromatic heterocycles. The van der Waals surface area contributed by atoms with E-state index in [0.29, 0.717) is 16.6 Å². The molecular weight excluding hydrogens is 403 g/mol. The molecular formula is C23H19FN2O3S. The Kier molecular flexibility index (Phi) is 5.22. The van der Waals surface area contributed by atoms with Gasteiger partial charge in [0.2, 0.25) is 0 Å². The van der Waals surface area contributed by atoms with E-state index in [0.717, 1.165) is 5.56 Å². The van der Waals surface area contributed by atoms with Crippen LogP contribution in [0.15, 0.2) is 65.7 Å². The number of hydrogen-bond donors (Lipinski definition) is 1. The summed E-state index contributed by atoms with van der Waals surface area (Å²) < 4.78 is 13.3. The number of benzene rings is 2. The number of rotatable bonds is 4. The molecule has 1 atom stereocenters. The predicted molar refractivity (Wildman–Crippen MR) is 114 cm³/mol. The van der Waals surface area contributed by atoms with Crippen molar-refractivity contribution in [3.8, 4) is 0 Å². The van der Waals surface area contributed by atoms with E-state index in [4.69, 9.17) is 0 Å². The van der Waals surface area contributed by atoms with Crippen LogP contribution in [0.5, 0.6) is 0 Å². The molecule has 7 heteroatoms. The Hall–Kier alpha value is -3.32. The molecule has 1 saturated heterocycles. The van der Waals surface area contributed by atoms with Crippen molar-refractivity contribution < 1.29 is 19.1 Å². The molecule has 152 valence electrons. The van der Waals surface area contributed by atoms with Crippen LogP contribution in [0.2, 0.25) is 0 Å². The van der Waals surface area contributed by atoms with Crippen LogP contribution in [-0.2, 0) is 9.59 Å². The third-order valence-corrected chi connectivity index (χ3v) is 5.88. The van der Waals surface area contributed by atoms with Gasteiger partial charge in [0.15, 0.2) is 5.13 Å². The summed E-state index contributed by atoms with van der Waals surface area (Å²) in [5.74, 6) is -2.04. The molecule has 2 heterocycles. The number of nitrogens with zero attached hydrogens (tertiary/aromatic N) is 2. The minimum Gasteiger partial charge on any atom is -0.507 e. The maximum absolute atomic E-state index is 13.3. The van der Waals surface area contributed by atoms with Crippen molar-refractivity contribution >= 4 is 33.9 Å². The number of ketones is 1. The van der Waals surface area contributed by atoms with Crippen molar-refractivity contribution in [2.75, 3.05) is 4.90 Å². The minimum absolute atomic E-state index is 0.0425. The first-order valence-corrected chi connectivity index (χ1v) is 10.3. The predicted octanol–water partition coefficient (Wildman–Crippen LogP) is 5.03. The lowest BCUT2D eigenvalue weighted by atomic mass is 9.93. The van der Waals surface area contributed by atoms with Gasteiger partial charge in [-0.3, -0.25) is 14.5 Å². The second kappa shape index (κ2) is 7.84. The number of Topliss-reactive ketones (excluding diaryl/α,β-unsaturated/α-hetero) is 1. The zero-order chi connectivity index (χ0) is 21.4. The molecule has 2 aromatic carbocycles. The van der Waals surface area contributed by atoms with Gasteiger partial charge in [0.05, 0.1) is 11.6 Å². The second-order valence-corrected chi connectivity index (χ2v) is 8.19. The van der Waals surface area contributed by atoms with Crippen LogP contribution in [0.3, 0.4) is 0 Å². The average Bonchev–Trinajstić information content (AvgIpc) is 3.35. The van der Waals surface area contributed by atoms with E-state index in [1.165, 1.54) is 40.5 Å². The third-order valence-electron chi connectivity index (χ3n) is 5.11. The summed E-state index contributed by atoms with van der Waals surface area (Å²) in [7, 11) is 0. The van der Waals surface area contributed by atoms with Crippen LogP contribution in [0.1, 0.15) is 42.5 Å². The summed E-state index contributed by atoms with van der Waals surface area (Å²) in [5.41, 5.74) is 2.01. The van der Waals surface area contributed by atoms with E-state index in [2.05, 4.69) is 18.8 Å². The molecule has 1 aliphatic heterocycles. The monoisotopic (exact) mass is 422 g/mol. The lowest BCUT2D eigenvalue weighted by Gasteiger charge is -2.23. The van der Waals surface area contributed by atoms with Crippen LogP contribution in [-0.4, -0.2) is 21.8 Å². The van der Waals surface area contributed by atoms with Gasteiger partial charge < -0.3 is 5.11 Å². The maximum Gasteiger partial charge on any atom is 0.301 e. The van der Waals surface area contributed by atoms with E-state index in [-0.39, 0.29) is 16.9 Å². The van der Waals surface area contributed by atoms with Crippen LogP contribution in [0.4, 0.5) is 9.52 Å². The largest absolute Gasteiger partial charge is 0.507 e. The third kappa shape index (κ3) is 3.41. The van der Waals surface area contributed by atoms with Gasteiger partial charge in [0.25, 0.3) is 5.78 Å². The maximum atomic E-state index is 13.3. The fraction of sp³-hybridized carbons (Fsp3) is 0.174. The highest BCUT2D eigenvalue weighted by atomic mass is 32.1. The fourth-order valence-electron chi connectivity index (χ4n) is 3.51. The topological polar surface area (TPSA) is 70.5 Å². The smallest absolute Gasteiger partial charge is 0.301 e. The van der Waals surface area contributed by atoms with E-state index >= 15 is 0 Å². The molecule has 0 aliphatic carbocycles. The van der Waals surface area contributed by atoms with E-state index in [9.17, 15) is 19.1 Å². The van der Waals surface area contributed by atoms with Gasteiger partial charge in [-0.1, -0.05) is 38.1 Å². The molecule has 0 radical (unpaired) electrons. The Labute approximate surface area is 177 Å². The van der Waals surface area contributed by atoms with Crippen molar-refractivity contribution in [1.29, 1.82) is 0 Å². The highest BCUT2D eigenvalue weighted by molar-refractivity contribution is 7.14. The second-order valence-electron chi connectivity index (χ2n) is 7.31. The lowest BCUT2D eigenvalue weighted by molar-refractivity contribution is -0.132. The molecule has 0 saturated carbocycles. The first-order valence-electron chi connectivity index (χ1n) is 9.44. The molecule has 30 heavy (non-hydrogen) atoms. The Morgan fingerprint density at radius 3 is 2.33 bits per heavy atom. The summed E-state index contributed by atoms with van der Waals surface area (Å²) >= 11 is 1.23. The Morgan fingerprint density at radius 1 is 1.10 bits per heavy atom. The van der Waals surface area contributed by atoms with Crippen LogP contribution >= 0.6 is 11.3 Å². The Bertz CT molecular complexity index is 1120. The van der Waals surface area contributed by atoms with Gasteiger partial charge in [-0.2, -0.15) is 0 Å². The molecule has 3 aromatic rings. The zero-order valence-electron chi connectivity index (χ0n) is 16.4. The number of halogens is 1. The molecule has 0 spiro atoms. The summed E-state index contributed by atoms with van der Waals surface area (Å²) in [6.45, 7) is 4.15. The van der Waals surface area contributed by atoms with Gasteiger partial charge in [0.1, 0.15) is 11.6 Å². The van der Waals surface area contributed by atoms with Crippen LogP contribution in [0, 0.1) is 5.82 Å². The summed E-state index contributed by atoms with van der Waals surface area (Å²) in [5, 5.41) is 13.0. The molecule has 0 unspecified atom stereocenters. The number of aromatic nitrogens is 1. The molecule has 5 nitrogen and oxygen atoms in total. The molecule has 1 fully saturated rings. The highest BCUT2D eigenvalue weighted by Crippen LogP contribution is 2.42. The number of anilines is 1. The molecule has 1 amide bonds. The molecule has 1 aliphatic rings. The zero-order valence-corrected chi connectivity index (χ0v) is 17.2. The Balaban J connectivity index is 1.90. The van der Waals surface area contributed by atoms with Crippen LogP contribution in [0.25, 0.3) is 5.76 Å². The average molecular weight is 422 g/mol. The quantitative estimate of drug-likeness (QED) is 0.364. The van der Waals surface area contributed by atoms with Crippen molar-refractivity contribution in [3.05, 3.63) is 88.2 Å². The standard InChI is InChI=1S/C23H19FN2O3S/c1-13(2)14-3-5-15(6-4-14)19-18(20(27)16-7-9-17(24)10-8-16)21(28)22(29)26(19)23-25-11-12-30-23/h3-13,19,27H,1-2H3/b20-18+/t19-/m0/s1. The highest BCUT2D eigenvalue weighted by Gasteiger charge is 2.47. The van der Waals surface area contributed by atoms with Crippen LogP contribution < -0.4 is 4.90 Å². The number of aliphatic hydroxyl groups excluding tert-OH is 1. The number of amides is 1. The fourth-order valence-corrected chi connectivity index (χ4v) is 4.17. The molecule has 4 rings (SSSR count). The van der Waals surface area contributed by atoms with Gasteiger partial charge in [-0.05, 0) is 41.3 Å².